The summed E-state index contributed by atoms with van der Waals surface area (Å²) in [6.45, 7) is 3.53. The highest BCUT2D eigenvalue weighted by molar-refractivity contribution is 5.92. The number of hydrogen-bond acceptors (Lipinski definition) is 10. The third kappa shape index (κ3) is 4.88. The molecule has 0 amide bonds. The predicted octanol–water partition coefficient (Wildman–Crippen LogP) is 3.35. The minimum Gasteiger partial charge on any atom is -0.497 e. The molecule has 10 heteroatoms. The van der Waals surface area contributed by atoms with Crippen LogP contribution in [0.3, 0.4) is 0 Å². The molecule has 2 aromatic carbocycles. The molecule has 0 saturated carbocycles. The Morgan fingerprint density at radius 3 is 2.06 bits per heavy atom. The maximum atomic E-state index is 5.83. The fraction of sp³-hybridized carbons (Fsp3) is 0.308. The standard InChI is InChI=1S/C26H28N6O4/c1-33-19-6-4-18(5-7-19)16-36-20-14-27-26(28-15-20)32-10-8-31(9-11-32)25-21-12-23(34-2)24(35-3)13-22(21)29-17-30-25/h4-7,12-15,17H,8-11,16H2,1-3H3. The van der Waals surface area contributed by atoms with E-state index in [0.29, 0.717) is 29.8 Å². The summed E-state index contributed by atoms with van der Waals surface area (Å²) < 4.78 is 21.9. The minimum atomic E-state index is 0.439. The summed E-state index contributed by atoms with van der Waals surface area (Å²) in [7, 11) is 4.89. The van der Waals surface area contributed by atoms with Crippen LogP contribution in [0.4, 0.5) is 11.8 Å². The number of rotatable bonds is 8. The number of ether oxygens (including phenoxy) is 4. The molecule has 1 saturated heterocycles. The molecule has 1 fully saturated rings. The summed E-state index contributed by atoms with van der Waals surface area (Å²) in [5.41, 5.74) is 1.86. The van der Waals surface area contributed by atoms with E-state index < -0.39 is 0 Å². The molecule has 1 aliphatic rings. The van der Waals surface area contributed by atoms with Crippen LogP contribution in [0.2, 0.25) is 0 Å². The number of piperazine rings is 1. The third-order valence-electron chi connectivity index (χ3n) is 6.16. The molecule has 0 bridgehead atoms. The Kier molecular flexibility index (Phi) is 6.83. The van der Waals surface area contributed by atoms with Crippen molar-refractivity contribution in [3.8, 4) is 23.0 Å². The highest BCUT2D eigenvalue weighted by Crippen LogP contribution is 2.35. The molecule has 2 aromatic heterocycles. The Morgan fingerprint density at radius 2 is 1.39 bits per heavy atom. The first-order valence-electron chi connectivity index (χ1n) is 11.6. The summed E-state index contributed by atoms with van der Waals surface area (Å²) in [5.74, 6) is 4.31. The van der Waals surface area contributed by atoms with Crippen LogP contribution in [-0.2, 0) is 6.61 Å². The monoisotopic (exact) mass is 488 g/mol. The van der Waals surface area contributed by atoms with Crippen molar-refractivity contribution in [2.24, 2.45) is 0 Å². The van der Waals surface area contributed by atoms with Crippen LogP contribution in [-0.4, -0.2) is 67.4 Å². The van der Waals surface area contributed by atoms with Crippen molar-refractivity contribution >= 4 is 22.7 Å². The van der Waals surface area contributed by atoms with Crippen molar-refractivity contribution in [3.63, 3.8) is 0 Å². The number of fused-ring (bicyclic) bond motifs is 1. The molecule has 36 heavy (non-hydrogen) atoms. The number of aromatic nitrogens is 4. The van der Waals surface area contributed by atoms with Crippen LogP contribution in [0, 0.1) is 0 Å². The Morgan fingerprint density at radius 1 is 0.722 bits per heavy atom. The molecule has 0 unspecified atom stereocenters. The maximum Gasteiger partial charge on any atom is 0.225 e. The van der Waals surface area contributed by atoms with Gasteiger partial charge in [0.1, 0.15) is 24.5 Å². The van der Waals surface area contributed by atoms with E-state index in [1.54, 1.807) is 40.1 Å². The van der Waals surface area contributed by atoms with Crippen LogP contribution < -0.4 is 28.7 Å². The molecule has 10 nitrogen and oxygen atoms in total. The largest absolute Gasteiger partial charge is 0.497 e. The Labute approximate surface area is 209 Å². The fourth-order valence-corrected chi connectivity index (χ4v) is 4.18. The lowest BCUT2D eigenvalue weighted by atomic mass is 10.2. The summed E-state index contributed by atoms with van der Waals surface area (Å²) in [5, 5.41) is 0.929. The molecule has 5 rings (SSSR count). The second-order valence-corrected chi connectivity index (χ2v) is 8.25. The summed E-state index contributed by atoms with van der Waals surface area (Å²) >= 11 is 0. The lowest BCUT2D eigenvalue weighted by Crippen LogP contribution is -2.47. The second-order valence-electron chi connectivity index (χ2n) is 8.25. The molecule has 1 aliphatic heterocycles. The second kappa shape index (κ2) is 10.5. The van der Waals surface area contributed by atoms with Crippen molar-refractivity contribution in [3.05, 3.63) is 60.7 Å². The molecule has 0 radical (unpaired) electrons. The average molecular weight is 489 g/mol. The number of nitrogens with zero attached hydrogens (tertiary/aromatic N) is 6. The van der Waals surface area contributed by atoms with Gasteiger partial charge in [-0.3, -0.25) is 0 Å². The van der Waals surface area contributed by atoms with Crippen LogP contribution >= 0.6 is 0 Å². The highest BCUT2D eigenvalue weighted by atomic mass is 16.5. The third-order valence-corrected chi connectivity index (χ3v) is 6.16. The fourth-order valence-electron chi connectivity index (χ4n) is 4.18. The quantitative estimate of drug-likeness (QED) is 0.367. The zero-order chi connectivity index (χ0) is 24.9. The van der Waals surface area contributed by atoms with Gasteiger partial charge < -0.3 is 28.7 Å². The first-order valence-corrected chi connectivity index (χ1v) is 11.6. The van der Waals surface area contributed by atoms with Gasteiger partial charge in [-0.2, -0.15) is 0 Å². The van der Waals surface area contributed by atoms with E-state index in [-0.39, 0.29) is 0 Å². The molecule has 3 heterocycles. The predicted molar refractivity (Wildman–Crippen MR) is 136 cm³/mol. The SMILES string of the molecule is COc1ccc(COc2cnc(N3CCN(c4ncnc5cc(OC)c(OC)cc45)CC3)nc2)cc1. The Bertz CT molecular complexity index is 1310. The van der Waals surface area contributed by atoms with E-state index >= 15 is 0 Å². The van der Waals surface area contributed by atoms with Gasteiger partial charge in [0.2, 0.25) is 5.95 Å². The molecule has 186 valence electrons. The topological polar surface area (TPSA) is 95.0 Å². The number of hydrogen-bond donors (Lipinski definition) is 0. The molecule has 0 spiro atoms. The number of benzene rings is 2. The van der Waals surface area contributed by atoms with Crippen LogP contribution in [0.15, 0.2) is 55.1 Å². The van der Waals surface area contributed by atoms with Gasteiger partial charge >= 0.3 is 0 Å². The van der Waals surface area contributed by atoms with Crippen LogP contribution in [0.25, 0.3) is 10.9 Å². The summed E-state index contributed by atoms with van der Waals surface area (Å²) in [6, 6.07) is 11.6. The van der Waals surface area contributed by atoms with Gasteiger partial charge in [-0.15, -0.1) is 0 Å². The van der Waals surface area contributed by atoms with Crippen molar-refractivity contribution in [1.29, 1.82) is 0 Å². The van der Waals surface area contributed by atoms with E-state index in [2.05, 4.69) is 29.7 Å². The molecular weight excluding hydrogens is 460 g/mol. The zero-order valence-corrected chi connectivity index (χ0v) is 20.5. The lowest BCUT2D eigenvalue weighted by molar-refractivity contribution is 0.303. The summed E-state index contributed by atoms with van der Waals surface area (Å²) in [6.07, 6.45) is 5.02. The van der Waals surface area contributed by atoms with Crippen molar-refractivity contribution in [2.45, 2.75) is 6.61 Å². The maximum absolute atomic E-state index is 5.83. The Hall–Kier alpha value is -4.34. The van der Waals surface area contributed by atoms with E-state index in [1.165, 1.54) is 0 Å². The van der Waals surface area contributed by atoms with E-state index in [4.69, 9.17) is 18.9 Å². The molecular formula is C26H28N6O4. The van der Waals surface area contributed by atoms with Crippen molar-refractivity contribution < 1.29 is 18.9 Å². The van der Waals surface area contributed by atoms with Gasteiger partial charge in [0.15, 0.2) is 17.2 Å². The molecule has 0 aliphatic carbocycles. The number of methoxy groups -OCH3 is 3. The van der Waals surface area contributed by atoms with E-state index in [9.17, 15) is 0 Å². The molecule has 4 aromatic rings. The average Bonchev–Trinajstić information content (AvgIpc) is 2.95. The summed E-state index contributed by atoms with van der Waals surface area (Å²) in [4.78, 5) is 22.4. The highest BCUT2D eigenvalue weighted by Gasteiger charge is 2.22. The van der Waals surface area contributed by atoms with Gasteiger partial charge in [0, 0.05) is 37.6 Å². The minimum absolute atomic E-state index is 0.439. The van der Waals surface area contributed by atoms with Gasteiger partial charge in [-0.1, -0.05) is 12.1 Å². The van der Waals surface area contributed by atoms with Gasteiger partial charge in [-0.25, -0.2) is 19.9 Å². The van der Waals surface area contributed by atoms with Gasteiger partial charge in [0.25, 0.3) is 0 Å². The van der Waals surface area contributed by atoms with Gasteiger partial charge in [-0.05, 0) is 23.8 Å². The molecule has 0 N–H and O–H groups in total. The normalized spacial score (nSPS) is 13.5. The van der Waals surface area contributed by atoms with E-state index in [1.807, 2.05) is 36.4 Å². The first-order chi connectivity index (χ1) is 17.7. The number of anilines is 2. The first kappa shape index (κ1) is 23.4. The van der Waals surface area contributed by atoms with Crippen LogP contribution in [0.5, 0.6) is 23.0 Å². The smallest absolute Gasteiger partial charge is 0.225 e. The molecule has 0 atom stereocenters. The van der Waals surface area contributed by atoms with Crippen molar-refractivity contribution in [2.75, 3.05) is 57.3 Å². The lowest BCUT2D eigenvalue weighted by Gasteiger charge is -2.35. The van der Waals surface area contributed by atoms with E-state index in [0.717, 1.165) is 54.2 Å². The zero-order valence-electron chi connectivity index (χ0n) is 20.5. The Balaban J connectivity index is 1.22. The van der Waals surface area contributed by atoms with Crippen LogP contribution in [0.1, 0.15) is 5.56 Å². The van der Waals surface area contributed by atoms with Crippen molar-refractivity contribution in [1.82, 2.24) is 19.9 Å². The van der Waals surface area contributed by atoms with Gasteiger partial charge in [0.05, 0.1) is 39.2 Å².